The number of nitrogens with zero attached hydrogens (tertiary/aromatic N) is 2. The van der Waals surface area contributed by atoms with Crippen LogP contribution in [0, 0.1) is 13.8 Å². The van der Waals surface area contributed by atoms with Crippen molar-refractivity contribution in [3.05, 3.63) is 34.3 Å². The Morgan fingerprint density at radius 2 is 1.95 bits per heavy atom. The highest BCUT2D eigenvalue weighted by Crippen LogP contribution is 2.18. The summed E-state index contributed by atoms with van der Waals surface area (Å²) in [6, 6.07) is 5.87. The zero-order valence-electron chi connectivity index (χ0n) is 12.5. The molecule has 0 radical (unpaired) electrons. The maximum atomic E-state index is 11.8. The summed E-state index contributed by atoms with van der Waals surface area (Å²) >= 11 is 1.40. The number of hydrogen-bond acceptors (Lipinski definition) is 5. The van der Waals surface area contributed by atoms with E-state index in [-0.39, 0.29) is 12.5 Å². The summed E-state index contributed by atoms with van der Waals surface area (Å²) in [6.07, 6.45) is 1.89. The Hall–Kier alpha value is -1.95. The summed E-state index contributed by atoms with van der Waals surface area (Å²) in [6.45, 7) is 6.04. The molecule has 1 aromatic heterocycles. The second kappa shape index (κ2) is 7.17. The molecule has 1 N–H and O–H groups in total. The third-order valence-corrected chi connectivity index (χ3v) is 3.64. The molecule has 0 unspecified atom stereocenters. The van der Waals surface area contributed by atoms with Crippen LogP contribution < -0.4 is 10.1 Å². The van der Waals surface area contributed by atoms with E-state index in [1.165, 1.54) is 11.3 Å². The molecule has 0 bridgehead atoms. The van der Waals surface area contributed by atoms with Gasteiger partial charge in [0, 0.05) is 6.42 Å². The summed E-state index contributed by atoms with van der Waals surface area (Å²) in [7, 11) is 0. The van der Waals surface area contributed by atoms with Crippen molar-refractivity contribution < 1.29 is 9.53 Å². The van der Waals surface area contributed by atoms with Crippen molar-refractivity contribution in [3.8, 4) is 5.75 Å². The van der Waals surface area contributed by atoms with Gasteiger partial charge in [-0.1, -0.05) is 24.3 Å². The maximum Gasteiger partial charge on any atom is 0.264 e. The number of benzene rings is 1. The molecule has 112 valence electrons. The largest absolute Gasteiger partial charge is 0.484 e. The van der Waals surface area contributed by atoms with Gasteiger partial charge in [0.1, 0.15) is 10.8 Å². The van der Waals surface area contributed by atoms with Crippen molar-refractivity contribution >= 4 is 22.4 Å². The molecule has 5 nitrogen and oxygen atoms in total. The van der Waals surface area contributed by atoms with Gasteiger partial charge in [0.2, 0.25) is 5.13 Å². The maximum absolute atomic E-state index is 11.8. The van der Waals surface area contributed by atoms with Gasteiger partial charge in [-0.25, -0.2) is 0 Å². The Labute approximate surface area is 128 Å². The fourth-order valence-corrected chi connectivity index (χ4v) is 2.80. The lowest BCUT2D eigenvalue weighted by molar-refractivity contribution is -0.118. The molecule has 0 saturated carbocycles. The number of carbonyl (C=O) groups is 1. The first kappa shape index (κ1) is 15.4. The average molecular weight is 305 g/mol. The van der Waals surface area contributed by atoms with Crippen LogP contribution in [0.2, 0.25) is 0 Å². The van der Waals surface area contributed by atoms with E-state index in [0.29, 0.717) is 10.9 Å². The van der Waals surface area contributed by atoms with Gasteiger partial charge in [0.15, 0.2) is 6.61 Å². The molecule has 1 aromatic carbocycles. The van der Waals surface area contributed by atoms with Crippen LogP contribution in [0.15, 0.2) is 18.2 Å². The van der Waals surface area contributed by atoms with Gasteiger partial charge in [-0.15, -0.1) is 10.2 Å². The van der Waals surface area contributed by atoms with Crippen LogP contribution in [0.5, 0.6) is 5.75 Å². The summed E-state index contributed by atoms with van der Waals surface area (Å²) in [4.78, 5) is 11.8. The number of carbonyl (C=O) groups excluding carboxylic acids is 1. The van der Waals surface area contributed by atoms with Gasteiger partial charge < -0.3 is 4.74 Å². The Morgan fingerprint density at radius 1 is 1.24 bits per heavy atom. The number of anilines is 1. The monoisotopic (exact) mass is 305 g/mol. The topological polar surface area (TPSA) is 64.1 Å². The normalized spacial score (nSPS) is 10.4. The molecule has 2 rings (SSSR count). The molecular weight excluding hydrogens is 286 g/mol. The highest BCUT2D eigenvalue weighted by molar-refractivity contribution is 7.15. The second-order valence-corrected chi connectivity index (χ2v) is 5.97. The van der Waals surface area contributed by atoms with E-state index in [2.05, 4.69) is 28.5 Å². The second-order valence-electron chi connectivity index (χ2n) is 4.91. The molecule has 0 aliphatic carbocycles. The predicted octanol–water partition coefficient (Wildman–Crippen LogP) is 3.12. The van der Waals surface area contributed by atoms with Crippen molar-refractivity contribution in [2.24, 2.45) is 0 Å². The van der Waals surface area contributed by atoms with Gasteiger partial charge in [0.05, 0.1) is 0 Å². The number of ether oxygens (including phenoxy) is 1. The van der Waals surface area contributed by atoms with Crippen molar-refractivity contribution in [3.63, 3.8) is 0 Å². The Kier molecular flexibility index (Phi) is 5.27. The average Bonchev–Trinajstić information content (AvgIpc) is 2.83. The van der Waals surface area contributed by atoms with Crippen LogP contribution in [-0.4, -0.2) is 22.7 Å². The standard InChI is InChI=1S/C15H19N3O2S/c1-4-5-14-17-18-15(21-14)16-13(19)9-20-12-7-10(2)6-11(3)8-12/h6-8H,4-5,9H2,1-3H3,(H,16,18,19). The zero-order valence-corrected chi connectivity index (χ0v) is 13.3. The van der Waals surface area contributed by atoms with Gasteiger partial charge in [-0.3, -0.25) is 10.1 Å². The Bertz CT molecular complexity index is 605. The lowest BCUT2D eigenvalue weighted by atomic mass is 10.1. The smallest absolute Gasteiger partial charge is 0.264 e. The minimum Gasteiger partial charge on any atom is -0.484 e. The van der Waals surface area contributed by atoms with Gasteiger partial charge in [0.25, 0.3) is 5.91 Å². The number of nitrogens with one attached hydrogen (secondary N) is 1. The predicted molar refractivity (Wildman–Crippen MR) is 83.9 cm³/mol. The van der Waals surface area contributed by atoms with Crippen LogP contribution in [0.4, 0.5) is 5.13 Å². The number of aromatic nitrogens is 2. The first-order valence-electron chi connectivity index (χ1n) is 6.90. The molecule has 1 amide bonds. The van der Waals surface area contributed by atoms with E-state index in [1.54, 1.807) is 0 Å². The fourth-order valence-electron chi connectivity index (χ4n) is 1.94. The molecule has 0 fully saturated rings. The lowest BCUT2D eigenvalue weighted by Gasteiger charge is -2.07. The van der Waals surface area contributed by atoms with Crippen LogP contribution >= 0.6 is 11.3 Å². The molecule has 0 spiro atoms. The van der Waals surface area contributed by atoms with E-state index < -0.39 is 0 Å². The highest BCUT2D eigenvalue weighted by atomic mass is 32.1. The third kappa shape index (κ3) is 4.82. The van der Waals surface area contributed by atoms with Crippen molar-refractivity contribution in [2.45, 2.75) is 33.6 Å². The summed E-state index contributed by atoms with van der Waals surface area (Å²) in [5, 5.41) is 12.1. The first-order valence-corrected chi connectivity index (χ1v) is 7.72. The number of aryl methyl sites for hydroxylation is 3. The molecule has 0 atom stereocenters. The number of hydrogen-bond donors (Lipinski definition) is 1. The SMILES string of the molecule is CCCc1nnc(NC(=O)COc2cc(C)cc(C)c2)s1. The third-order valence-electron chi connectivity index (χ3n) is 2.74. The van der Waals surface area contributed by atoms with E-state index in [4.69, 9.17) is 4.74 Å². The van der Waals surface area contributed by atoms with Crippen LogP contribution in [0.1, 0.15) is 29.5 Å². The molecular formula is C15H19N3O2S. The molecule has 6 heteroatoms. The van der Waals surface area contributed by atoms with Crippen LogP contribution in [0.25, 0.3) is 0 Å². The summed E-state index contributed by atoms with van der Waals surface area (Å²) in [5.74, 6) is 0.472. The van der Waals surface area contributed by atoms with E-state index in [9.17, 15) is 4.79 Å². The Balaban J connectivity index is 1.86. The lowest BCUT2D eigenvalue weighted by Crippen LogP contribution is -2.20. The number of amides is 1. The van der Waals surface area contributed by atoms with E-state index in [1.807, 2.05) is 26.0 Å². The zero-order chi connectivity index (χ0) is 15.2. The van der Waals surface area contributed by atoms with Crippen LogP contribution in [0.3, 0.4) is 0 Å². The summed E-state index contributed by atoms with van der Waals surface area (Å²) in [5.41, 5.74) is 2.22. The first-order chi connectivity index (χ1) is 10.1. The Morgan fingerprint density at radius 3 is 2.62 bits per heavy atom. The molecule has 0 aliphatic rings. The van der Waals surface area contributed by atoms with Crippen molar-refractivity contribution in [2.75, 3.05) is 11.9 Å². The highest BCUT2D eigenvalue weighted by Gasteiger charge is 2.08. The molecule has 0 saturated heterocycles. The van der Waals surface area contributed by atoms with Crippen LogP contribution in [-0.2, 0) is 11.2 Å². The van der Waals surface area contributed by atoms with Crippen molar-refractivity contribution in [1.29, 1.82) is 0 Å². The van der Waals surface area contributed by atoms with E-state index >= 15 is 0 Å². The van der Waals surface area contributed by atoms with Gasteiger partial charge in [-0.05, 0) is 43.5 Å². The molecule has 2 aromatic rings. The molecule has 0 aliphatic heterocycles. The van der Waals surface area contributed by atoms with Crippen molar-refractivity contribution in [1.82, 2.24) is 10.2 Å². The molecule has 1 heterocycles. The number of rotatable bonds is 6. The summed E-state index contributed by atoms with van der Waals surface area (Å²) < 4.78 is 5.50. The van der Waals surface area contributed by atoms with Gasteiger partial charge >= 0.3 is 0 Å². The minimum absolute atomic E-state index is 0.0361. The molecule has 21 heavy (non-hydrogen) atoms. The van der Waals surface area contributed by atoms with E-state index in [0.717, 1.165) is 29.0 Å². The minimum atomic E-state index is -0.228. The quantitative estimate of drug-likeness (QED) is 0.890. The fraction of sp³-hybridized carbons (Fsp3) is 0.400. The van der Waals surface area contributed by atoms with Gasteiger partial charge in [-0.2, -0.15) is 0 Å².